The number of benzene rings is 1. The van der Waals surface area contributed by atoms with Crippen LogP contribution in [-0.4, -0.2) is 31.1 Å². The first kappa shape index (κ1) is 13.0. The molecule has 90 valence electrons. The topological polar surface area (TPSA) is 38.5 Å². The number of methoxy groups -OCH3 is 1. The van der Waals surface area contributed by atoms with E-state index in [-0.39, 0.29) is 6.04 Å². The highest BCUT2D eigenvalue weighted by atomic mass is 16.5. The lowest BCUT2D eigenvalue weighted by molar-refractivity contribution is 0.224. The maximum absolute atomic E-state index is 5.88. The summed E-state index contributed by atoms with van der Waals surface area (Å²) >= 11 is 0. The number of hydrogen-bond acceptors (Lipinski definition) is 3. The summed E-state index contributed by atoms with van der Waals surface area (Å²) in [5, 5.41) is 0. The van der Waals surface area contributed by atoms with Gasteiger partial charge in [0.15, 0.2) is 0 Å². The Hall–Kier alpha value is -1.06. The lowest BCUT2D eigenvalue weighted by atomic mass is 10.1. The van der Waals surface area contributed by atoms with Gasteiger partial charge in [-0.2, -0.15) is 0 Å². The van der Waals surface area contributed by atoms with E-state index >= 15 is 0 Å². The maximum Gasteiger partial charge on any atom is 0.119 e. The van der Waals surface area contributed by atoms with Gasteiger partial charge in [-0.25, -0.2) is 0 Å². The summed E-state index contributed by atoms with van der Waals surface area (Å²) in [5.41, 5.74) is 7.12. The molecule has 3 heteroatoms. The van der Waals surface area contributed by atoms with Gasteiger partial charge in [0, 0.05) is 18.6 Å². The molecule has 0 spiro atoms. The van der Waals surface area contributed by atoms with Gasteiger partial charge in [0.25, 0.3) is 0 Å². The van der Waals surface area contributed by atoms with Gasteiger partial charge < -0.3 is 10.5 Å². The van der Waals surface area contributed by atoms with Crippen LogP contribution in [-0.2, 0) is 6.54 Å². The van der Waals surface area contributed by atoms with Crippen LogP contribution in [0.4, 0.5) is 0 Å². The highest BCUT2D eigenvalue weighted by Crippen LogP contribution is 2.15. The van der Waals surface area contributed by atoms with Crippen molar-refractivity contribution < 1.29 is 4.74 Å². The number of ether oxygens (including phenoxy) is 1. The molecule has 2 unspecified atom stereocenters. The van der Waals surface area contributed by atoms with E-state index < -0.39 is 0 Å². The number of nitrogens with two attached hydrogens (primary N) is 1. The van der Waals surface area contributed by atoms with E-state index in [9.17, 15) is 0 Å². The van der Waals surface area contributed by atoms with Crippen molar-refractivity contribution in [2.24, 2.45) is 5.73 Å². The predicted octanol–water partition coefficient (Wildman–Crippen LogP) is 1.86. The third kappa shape index (κ3) is 3.51. The molecule has 16 heavy (non-hydrogen) atoms. The second kappa shape index (κ2) is 5.87. The molecule has 0 radical (unpaired) electrons. The molecule has 0 saturated carbocycles. The van der Waals surface area contributed by atoms with Crippen molar-refractivity contribution >= 4 is 0 Å². The standard InChI is InChI=1S/C13H22N2O/c1-10(14)11(2)15(3)9-12-6-5-7-13(8-12)16-4/h5-8,10-11H,9,14H2,1-4H3. The van der Waals surface area contributed by atoms with Crippen LogP contribution >= 0.6 is 0 Å². The highest BCUT2D eigenvalue weighted by Gasteiger charge is 2.13. The van der Waals surface area contributed by atoms with Gasteiger partial charge >= 0.3 is 0 Å². The molecular weight excluding hydrogens is 200 g/mol. The van der Waals surface area contributed by atoms with Gasteiger partial charge in [0.2, 0.25) is 0 Å². The van der Waals surface area contributed by atoms with E-state index in [1.165, 1.54) is 5.56 Å². The molecule has 2 N–H and O–H groups in total. The molecular formula is C13H22N2O. The zero-order valence-corrected chi connectivity index (χ0v) is 10.6. The zero-order chi connectivity index (χ0) is 12.1. The summed E-state index contributed by atoms with van der Waals surface area (Å²) in [4.78, 5) is 2.25. The van der Waals surface area contributed by atoms with Crippen LogP contribution in [0.1, 0.15) is 19.4 Å². The van der Waals surface area contributed by atoms with E-state index in [4.69, 9.17) is 10.5 Å². The van der Waals surface area contributed by atoms with Gasteiger partial charge in [-0.1, -0.05) is 12.1 Å². The molecule has 0 aliphatic heterocycles. The molecule has 0 aliphatic carbocycles. The summed E-state index contributed by atoms with van der Waals surface area (Å²) in [6.07, 6.45) is 0. The Balaban J connectivity index is 2.65. The smallest absolute Gasteiger partial charge is 0.119 e. The van der Waals surface area contributed by atoms with Gasteiger partial charge in [-0.05, 0) is 38.6 Å². The molecule has 2 atom stereocenters. The molecule has 0 heterocycles. The third-order valence-electron chi connectivity index (χ3n) is 3.02. The zero-order valence-electron chi connectivity index (χ0n) is 10.6. The van der Waals surface area contributed by atoms with Crippen molar-refractivity contribution in [1.29, 1.82) is 0 Å². The van der Waals surface area contributed by atoms with Crippen molar-refractivity contribution in [3.63, 3.8) is 0 Å². The summed E-state index contributed by atoms with van der Waals surface area (Å²) in [6, 6.07) is 8.68. The first-order chi connectivity index (χ1) is 7.54. The fourth-order valence-corrected chi connectivity index (χ4v) is 1.60. The summed E-state index contributed by atoms with van der Waals surface area (Å²) in [5.74, 6) is 0.902. The van der Waals surface area contributed by atoms with E-state index in [1.807, 2.05) is 19.1 Å². The van der Waals surface area contributed by atoms with Crippen LogP contribution in [0, 0.1) is 0 Å². The van der Waals surface area contributed by atoms with Crippen molar-refractivity contribution in [1.82, 2.24) is 4.90 Å². The van der Waals surface area contributed by atoms with E-state index in [2.05, 4.69) is 31.0 Å². The predicted molar refractivity (Wildman–Crippen MR) is 67.6 cm³/mol. The Morgan fingerprint density at radius 3 is 2.62 bits per heavy atom. The second-order valence-electron chi connectivity index (χ2n) is 4.37. The lowest BCUT2D eigenvalue weighted by Gasteiger charge is -2.27. The molecule has 0 amide bonds. The molecule has 3 nitrogen and oxygen atoms in total. The number of rotatable bonds is 5. The van der Waals surface area contributed by atoms with Crippen LogP contribution in [0.2, 0.25) is 0 Å². The molecule has 0 bridgehead atoms. The lowest BCUT2D eigenvalue weighted by Crippen LogP contribution is -2.41. The SMILES string of the molecule is COc1cccc(CN(C)C(C)C(C)N)c1. The fraction of sp³-hybridized carbons (Fsp3) is 0.538. The minimum atomic E-state index is 0.176. The Morgan fingerprint density at radius 2 is 2.06 bits per heavy atom. The average Bonchev–Trinajstić information content (AvgIpc) is 2.28. The van der Waals surface area contributed by atoms with Crippen molar-refractivity contribution in [2.45, 2.75) is 32.5 Å². The third-order valence-corrected chi connectivity index (χ3v) is 3.02. The first-order valence-electron chi connectivity index (χ1n) is 5.63. The Bertz CT molecular complexity index is 325. The Kier molecular flexibility index (Phi) is 4.77. The van der Waals surface area contributed by atoms with Crippen molar-refractivity contribution in [2.75, 3.05) is 14.2 Å². The largest absolute Gasteiger partial charge is 0.497 e. The normalized spacial score (nSPS) is 14.9. The van der Waals surface area contributed by atoms with E-state index in [0.29, 0.717) is 6.04 Å². The van der Waals surface area contributed by atoms with E-state index in [1.54, 1.807) is 7.11 Å². The second-order valence-corrected chi connectivity index (χ2v) is 4.37. The molecule has 1 aromatic carbocycles. The van der Waals surface area contributed by atoms with Crippen molar-refractivity contribution in [3.8, 4) is 5.75 Å². The molecule has 1 rings (SSSR count). The number of likely N-dealkylation sites (N-methyl/N-ethyl adjacent to an activating group) is 1. The Labute approximate surface area is 98.2 Å². The maximum atomic E-state index is 5.88. The van der Waals surface area contributed by atoms with Crippen LogP contribution in [0.25, 0.3) is 0 Å². The van der Waals surface area contributed by atoms with Crippen LogP contribution in [0.15, 0.2) is 24.3 Å². The molecule has 0 aromatic heterocycles. The monoisotopic (exact) mass is 222 g/mol. The van der Waals surface area contributed by atoms with Crippen molar-refractivity contribution in [3.05, 3.63) is 29.8 Å². The molecule has 1 aromatic rings. The van der Waals surface area contributed by atoms with E-state index in [0.717, 1.165) is 12.3 Å². The minimum absolute atomic E-state index is 0.176. The van der Waals surface area contributed by atoms with Gasteiger partial charge in [0.1, 0.15) is 5.75 Å². The first-order valence-corrected chi connectivity index (χ1v) is 5.63. The minimum Gasteiger partial charge on any atom is -0.497 e. The Morgan fingerprint density at radius 1 is 1.38 bits per heavy atom. The summed E-state index contributed by atoms with van der Waals surface area (Å²) in [6.45, 7) is 5.07. The molecule has 0 aliphatic rings. The van der Waals surface area contributed by atoms with Crippen LogP contribution in [0.5, 0.6) is 5.75 Å². The number of nitrogens with zero attached hydrogens (tertiary/aromatic N) is 1. The molecule has 0 fully saturated rings. The number of hydrogen-bond donors (Lipinski definition) is 1. The molecule has 0 saturated heterocycles. The van der Waals surface area contributed by atoms with Gasteiger partial charge in [-0.15, -0.1) is 0 Å². The van der Waals surface area contributed by atoms with Gasteiger partial charge in [0.05, 0.1) is 7.11 Å². The summed E-state index contributed by atoms with van der Waals surface area (Å²) < 4.78 is 5.20. The fourth-order valence-electron chi connectivity index (χ4n) is 1.60. The highest BCUT2D eigenvalue weighted by molar-refractivity contribution is 5.28. The van der Waals surface area contributed by atoms with Crippen LogP contribution < -0.4 is 10.5 Å². The summed E-state index contributed by atoms with van der Waals surface area (Å²) in [7, 11) is 3.78. The quantitative estimate of drug-likeness (QED) is 0.826. The van der Waals surface area contributed by atoms with Crippen LogP contribution in [0.3, 0.4) is 0 Å². The average molecular weight is 222 g/mol. The van der Waals surface area contributed by atoms with Gasteiger partial charge in [-0.3, -0.25) is 4.90 Å².